The summed E-state index contributed by atoms with van der Waals surface area (Å²) < 4.78 is 0. The molecule has 1 atom stereocenters. The Bertz CT molecular complexity index is 596. The Balaban J connectivity index is 2.04. The van der Waals surface area contributed by atoms with Gasteiger partial charge in [-0.3, -0.25) is 0 Å². The fraction of sp³-hybridized carbons (Fsp3) is 0.400. The van der Waals surface area contributed by atoms with E-state index in [1.54, 1.807) is 0 Å². The molecule has 0 aliphatic heterocycles. The van der Waals surface area contributed by atoms with Crippen LogP contribution in [0.25, 0.3) is 0 Å². The van der Waals surface area contributed by atoms with E-state index in [0.29, 0.717) is 6.04 Å². The van der Waals surface area contributed by atoms with Crippen LogP contribution >= 0.6 is 0 Å². The number of hydrogen-bond donors (Lipinski definition) is 1. The summed E-state index contributed by atoms with van der Waals surface area (Å²) in [5, 5.41) is 3.64. The summed E-state index contributed by atoms with van der Waals surface area (Å²) in [6, 6.07) is 13.9. The number of benzene rings is 2. The highest BCUT2D eigenvalue weighted by molar-refractivity contribution is 5.38. The van der Waals surface area contributed by atoms with Crippen LogP contribution in [0, 0.1) is 20.8 Å². The number of rotatable bonds is 5. The van der Waals surface area contributed by atoms with E-state index in [4.69, 9.17) is 0 Å². The molecule has 2 aromatic carbocycles. The van der Waals surface area contributed by atoms with Crippen molar-refractivity contribution < 1.29 is 0 Å². The van der Waals surface area contributed by atoms with Crippen molar-refractivity contribution in [2.24, 2.45) is 0 Å². The molecule has 112 valence electrons. The van der Waals surface area contributed by atoms with Crippen molar-refractivity contribution in [3.05, 3.63) is 69.8 Å². The molecule has 0 aliphatic rings. The van der Waals surface area contributed by atoms with Crippen LogP contribution in [0.5, 0.6) is 0 Å². The third kappa shape index (κ3) is 3.95. The van der Waals surface area contributed by atoms with Crippen LogP contribution < -0.4 is 5.32 Å². The number of nitrogens with one attached hydrogen (secondary N) is 1. The molecule has 0 saturated carbocycles. The van der Waals surface area contributed by atoms with E-state index in [9.17, 15) is 0 Å². The van der Waals surface area contributed by atoms with Gasteiger partial charge in [-0.25, -0.2) is 0 Å². The SMILES string of the molecule is CCc1ccc(CNC(C)c2cc(C)c(C)cc2C)cc1. The summed E-state index contributed by atoms with van der Waals surface area (Å²) in [4.78, 5) is 0. The van der Waals surface area contributed by atoms with Crippen molar-refractivity contribution in [1.29, 1.82) is 0 Å². The van der Waals surface area contributed by atoms with Gasteiger partial charge in [0.25, 0.3) is 0 Å². The normalized spacial score (nSPS) is 12.4. The van der Waals surface area contributed by atoms with Crippen LogP contribution in [0.15, 0.2) is 36.4 Å². The first-order chi connectivity index (χ1) is 10.0. The molecular weight excluding hydrogens is 254 g/mol. The van der Waals surface area contributed by atoms with Crippen LogP contribution in [-0.2, 0) is 13.0 Å². The van der Waals surface area contributed by atoms with Gasteiger partial charge < -0.3 is 5.32 Å². The minimum atomic E-state index is 0.371. The molecule has 1 unspecified atom stereocenters. The van der Waals surface area contributed by atoms with Gasteiger partial charge in [0.2, 0.25) is 0 Å². The molecular formula is C20H27N. The van der Waals surface area contributed by atoms with Gasteiger partial charge in [-0.05, 0) is 67.5 Å². The molecule has 1 nitrogen and oxygen atoms in total. The molecule has 21 heavy (non-hydrogen) atoms. The van der Waals surface area contributed by atoms with E-state index in [0.717, 1.165) is 13.0 Å². The van der Waals surface area contributed by atoms with Crippen molar-refractivity contribution in [3.8, 4) is 0 Å². The zero-order valence-corrected chi connectivity index (χ0v) is 14.0. The summed E-state index contributed by atoms with van der Waals surface area (Å²) in [5.41, 5.74) is 8.27. The quantitative estimate of drug-likeness (QED) is 0.811. The van der Waals surface area contributed by atoms with Crippen molar-refractivity contribution in [2.75, 3.05) is 0 Å². The Morgan fingerprint density at radius 3 is 2.05 bits per heavy atom. The molecule has 2 aromatic rings. The van der Waals surface area contributed by atoms with E-state index in [-0.39, 0.29) is 0 Å². The Hall–Kier alpha value is -1.60. The van der Waals surface area contributed by atoms with Gasteiger partial charge >= 0.3 is 0 Å². The average Bonchev–Trinajstić information content (AvgIpc) is 2.49. The van der Waals surface area contributed by atoms with Crippen LogP contribution in [0.2, 0.25) is 0 Å². The zero-order valence-electron chi connectivity index (χ0n) is 14.0. The van der Waals surface area contributed by atoms with E-state index in [1.807, 2.05) is 0 Å². The number of hydrogen-bond acceptors (Lipinski definition) is 1. The highest BCUT2D eigenvalue weighted by Crippen LogP contribution is 2.22. The van der Waals surface area contributed by atoms with E-state index in [1.165, 1.54) is 33.4 Å². The fourth-order valence-corrected chi connectivity index (χ4v) is 2.72. The smallest absolute Gasteiger partial charge is 0.0297 e. The summed E-state index contributed by atoms with van der Waals surface area (Å²) >= 11 is 0. The van der Waals surface area contributed by atoms with Crippen LogP contribution in [0.1, 0.15) is 53.3 Å². The number of aryl methyl sites for hydroxylation is 4. The second kappa shape index (κ2) is 6.91. The summed E-state index contributed by atoms with van der Waals surface area (Å²) in [7, 11) is 0. The predicted octanol–water partition coefficient (Wildman–Crippen LogP) is 5.03. The fourth-order valence-electron chi connectivity index (χ4n) is 2.72. The standard InChI is InChI=1S/C20H27N/c1-6-18-7-9-19(10-8-18)13-21-17(5)20-12-15(3)14(2)11-16(20)4/h7-12,17,21H,6,13H2,1-5H3. The largest absolute Gasteiger partial charge is 0.306 e. The lowest BCUT2D eigenvalue weighted by Crippen LogP contribution is -2.19. The first-order valence-corrected chi connectivity index (χ1v) is 7.90. The Morgan fingerprint density at radius 2 is 1.43 bits per heavy atom. The lowest BCUT2D eigenvalue weighted by atomic mass is 9.96. The van der Waals surface area contributed by atoms with Gasteiger partial charge in [0.15, 0.2) is 0 Å². The lowest BCUT2D eigenvalue weighted by Gasteiger charge is -2.18. The minimum Gasteiger partial charge on any atom is -0.306 e. The van der Waals surface area contributed by atoms with Gasteiger partial charge in [-0.1, -0.05) is 43.3 Å². The zero-order chi connectivity index (χ0) is 15.4. The molecule has 0 heterocycles. The summed E-state index contributed by atoms with van der Waals surface area (Å²) in [6.45, 7) is 11.9. The van der Waals surface area contributed by atoms with Gasteiger partial charge in [-0.2, -0.15) is 0 Å². The monoisotopic (exact) mass is 281 g/mol. The Kier molecular flexibility index (Phi) is 5.19. The molecule has 0 saturated heterocycles. The maximum absolute atomic E-state index is 3.64. The maximum atomic E-state index is 3.64. The molecule has 0 aromatic heterocycles. The van der Waals surface area contributed by atoms with E-state index >= 15 is 0 Å². The Morgan fingerprint density at radius 1 is 0.857 bits per heavy atom. The van der Waals surface area contributed by atoms with E-state index < -0.39 is 0 Å². The van der Waals surface area contributed by atoms with Crippen LogP contribution in [0.3, 0.4) is 0 Å². The first-order valence-electron chi connectivity index (χ1n) is 7.90. The highest BCUT2D eigenvalue weighted by Gasteiger charge is 2.09. The second-order valence-corrected chi connectivity index (χ2v) is 6.07. The summed E-state index contributed by atoms with van der Waals surface area (Å²) in [6.07, 6.45) is 1.10. The van der Waals surface area contributed by atoms with Gasteiger partial charge in [0.1, 0.15) is 0 Å². The predicted molar refractivity (Wildman–Crippen MR) is 91.7 cm³/mol. The Labute approximate surface area is 129 Å². The highest BCUT2D eigenvalue weighted by atomic mass is 14.9. The van der Waals surface area contributed by atoms with Gasteiger partial charge in [0.05, 0.1) is 0 Å². The lowest BCUT2D eigenvalue weighted by molar-refractivity contribution is 0.571. The molecule has 0 fully saturated rings. The van der Waals surface area contributed by atoms with Crippen LogP contribution in [0.4, 0.5) is 0 Å². The first kappa shape index (κ1) is 15.8. The topological polar surface area (TPSA) is 12.0 Å². The second-order valence-electron chi connectivity index (χ2n) is 6.07. The molecule has 0 amide bonds. The van der Waals surface area contributed by atoms with Gasteiger partial charge in [0, 0.05) is 12.6 Å². The van der Waals surface area contributed by atoms with Crippen molar-refractivity contribution in [2.45, 2.75) is 53.6 Å². The third-order valence-electron chi connectivity index (χ3n) is 4.39. The summed E-state index contributed by atoms with van der Waals surface area (Å²) in [5.74, 6) is 0. The molecule has 1 heteroatoms. The van der Waals surface area contributed by atoms with Crippen molar-refractivity contribution in [3.63, 3.8) is 0 Å². The van der Waals surface area contributed by atoms with Crippen LogP contribution in [-0.4, -0.2) is 0 Å². The third-order valence-corrected chi connectivity index (χ3v) is 4.39. The van der Waals surface area contributed by atoms with Gasteiger partial charge in [-0.15, -0.1) is 0 Å². The minimum absolute atomic E-state index is 0.371. The molecule has 2 rings (SSSR count). The molecule has 1 N–H and O–H groups in total. The van der Waals surface area contributed by atoms with Crippen molar-refractivity contribution >= 4 is 0 Å². The van der Waals surface area contributed by atoms with Crippen molar-refractivity contribution in [1.82, 2.24) is 5.32 Å². The van der Waals surface area contributed by atoms with E-state index in [2.05, 4.69) is 76.3 Å². The average molecular weight is 281 g/mol. The molecule has 0 bridgehead atoms. The molecule has 0 aliphatic carbocycles. The maximum Gasteiger partial charge on any atom is 0.0297 e. The molecule has 0 radical (unpaired) electrons. The molecule has 0 spiro atoms.